The molecule has 0 saturated heterocycles. The summed E-state index contributed by atoms with van der Waals surface area (Å²) in [5.41, 5.74) is 0. The van der Waals surface area contributed by atoms with Crippen molar-refractivity contribution in [2.75, 3.05) is 5.08 Å². The van der Waals surface area contributed by atoms with E-state index in [2.05, 4.69) is 50.6 Å². The van der Waals surface area contributed by atoms with Crippen molar-refractivity contribution in [2.24, 2.45) is 0 Å². The average molecular weight is 438 g/mol. The van der Waals surface area contributed by atoms with Gasteiger partial charge in [-0.1, -0.05) is 0 Å². The van der Waals surface area contributed by atoms with Crippen LogP contribution in [-0.2, 0) is 21.6 Å². The van der Waals surface area contributed by atoms with Crippen LogP contribution < -0.4 is 0 Å². The Bertz CT molecular complexity index is 534. The van der Waals surface area contributed by atoms with Gasteiger partial charge in [0.15, 0.2) is 0 Å². The highest BCUT2D eigenvalue weighted by atomic mass is 79.9. The molecule has 0 N–H and O–H groups in total. The van der Waals surface area contributed by atoms with E-state index in [1.54, 1.807) is 0 Å². The number of rotatable bonds is 4. The van der Waals surface area contributed by atoms with Gasteiger partial charge in [0.25, 0.3) is 0 Å². The van der Waals surface area contributed by atoms with Crippen LogP contribution in [0.25, 0.3) is 0 Å². The van der Waals surface area contributed by atoms with Crippen LogP contribution in [0.15, 0.2) is 18.1 Å². The first-order valence-corrected chi connectivity index (χ1v) is 9.58. The minimum Gasteiger partial charge on any atom is -0.251 e. The first kappa shape index (κ1) is 13.8. The average Bonchev–Trinajstić information content (AvgIpc) is 2.87. The van der Waals surface area contributed by atoms with E-state index in [1.165, 1.54) is 0 Å². The summed E-state index contributed by atoms with van der Waals surface area (Å²) in [7, 11) is -2.89. The molecule has 17 heavy (non-hydrogen) atoms. The summed E-state index contributed by atoms with van der Waals surface area (Å²) in [6.45, 7) is 0. The van der Waals surface area contributed by atoms with Gasteiger partial charge in [-0.3, -0.25) is 8.42 Å². The highest BCUT2D eigenvalue weighted by Gasteiger charge is 2.17. The third-order valence-electron chi connectivity index (χ3n) is 1.37. The molecule has 0 aliphatic carbocycles. The van der Waals surface area contributed by atoms with Gasteiger partial charge in [-0.05, 0) is 54.9 Å². The quantitative estimate of drug-likeness (QED) is 0.724. The smallest absolute Gasteiger partial charge is 0.210 e. The van der Waals surface area contributed by atoms with E-state index < -0.39 is 21.6 Å². The fraction of sp³-hybridized carbons (Fsp3) is 0.200. The normalized spacial score (nSPS) is 14.7. The molecule has 0 spiro atoms. The molecule has 0 bridgehead atoms. The van der Waals surface area contributed by atoms with Crippen LogP contribution in [0.3, 0.4) is 0 Å². The molecule has 0 radical (unpaired) electrons. The molecule has 2 atom stereocenters. The monoisotopic (exact) mass is 436 g/mol. The Morgan fingerprint density at radius 1 is 0.941 bits per heavy atom. The van der Waals surface area contributed by atoms with Crippen LogP contribution in [0, 0.1) is 0 Å². The van der Waals surface area contributed by atoms with Gasteiger partial charge in [0.2, 0.25) is 18.1 Å². The van der Waals surface area contributed by atoms with E-state index in [9.17, 15) is 8.42 Å². The first-order chi connectivity index (χ1) is 8.06. The third kappa shape index (κ3) is 3.67. The van der Waals surface area contributed by atoms with Crippen molar-refractivity contribution in [3.05, 3.63) is 9.47 Å². The lowest BCUT2D eigenvalue weighted by molar-refractivity contribution is 0.678. The minimum absolute atomic E-state index is 0.0523. The molecular weight excluding hydrogens is 436 g/mol. The molecule has 6 nitrogen and oxygen atoms in total. The first-order valence-electron chi connectivity index (χ1n) is 3.81. The van der Waals surface area contributed by atoms with Crippen LogP contribution in [-0.4, -0.2) is 32.2 Å². The second-order valence-electron chi connectivity index (χ2n) is 2.47. The Kier molecular flexibility index (Phi) is 4.88. The molecule has 12 heteroatoms. The molecule has 0 aliphatic heterocycles. The number of nitrogens with zero attached hydrogens (tertiary/aromatic N) is 4. The molecule has 0 aliphatic rings. The Labute approximate surface area is 126 Å². The van der Waals surface area contributed by atoms with Crippen LogP contribution in [0.5, 0.6) is 0 Å². The molecule has 2 unspecified atom stereocenters. The van der Waals surface area contributed by atoms with Gasteiger partial charge < -0.3 is 0 Å². The maximum atomic E-state index is 11.8. The number of hydrogen-bond acceptors (Lipinski definition) is 8. The summed E-state index contributed by atoms with van der Waals surface area (Å²) in [6, 6.07) is 0. The van der Waals surface area contributed by atoms with Crippen LogP contribution in [0.1, 0.15) is 0 Å². The Hall–Kier alpha value is 0.380. The molecule has 2 aromatic rings. The maximum absolute atomic E-state index is 11.8. The molecule has 2 aromatic heterocycles. The van der Waals surface area contributed by atoms with Crippen molar-refractivity contribution in [3.63, 3.8) is 0 Å². The van der Waals surface area contributed by atoms with Crippen molar-refractivity contribution < 1.29 is 8.42 Å². The summed E-state index contributed by atoms with van der Waals surface area (Å²) in [5, 5.41) is -0.0523. The molecule has 0 amide bonds. The summed E-state index contributed by atoms with van der Waals surface area (Å²) in [4.78, 5) is 7.82. The SMILES string of the molecule is O=S(CS(=O)c1nc(Br)ns1)c1nc(Br)ns1. The largest absolute Gasteiger partial charge is 0.251 e. The number of hydrogen-bond donors (Lipinski definition) is 0. The fourth-order valence-corrected chi connectivity index (χ4v) is 6.39. The van der Waals surface area contributed by atoms with E-state index in [0.717, 1.165) is 23.1 Å². The van der Waals surface area contributed by atoms with Gasteiger partial charge in [0.1, 0.15) is 5.08 Å². The fourth-order valence-electron chi connectivity index (χ4n) is 0.769. The summed E-state index contributed by atoms with van der Waals surface area (Å²) >= 11 is 8.16. The van der Waals surface area contributed by atoms with E-state index in [1.807, 2.05) is 0 Å². The standard InChI is InChI=1S/C5H2Br2N4O2S4/c6-2-8-4(14-10-2)16(12)1-17(13)5-9-3(7)11-15-5/h1H2. The molecule has 0 fully saturated rings. The molecule has 2 heterocycles. The Morgan fingerprint density at radius 2 is 1.35 bits per heavy atom. The Balaban J connectivity index is 2.07. The second kappa shape index (κ2) is 6.02. The molecule has 92 valence electrons. The van der Waals surface area contributed by atoms with Gasteiger partial charge in [-0.25, -0.2) is 0 Å². The zero-order valence-electron chi connectivity index (χ0n) is 7.70. The molecule has 2 rings (SSSR count). The third-order valence-corrected chi connectivity index (χ3v) is 7.81. The predicted octanol–water partition coefficient (Wildman–Crippen LogP) is 1.79. The summed E-state index contributed by atoms with van der Waals surface area (Å²) in [5.74, 6) is 0. The van der Waals surface area contributed by atoms with Gasteiger partial charge in [0, 0.05) is 0 Å². The van der Waals surface area contributed by atoms with Gasteiger partial charge >= 0.3 is 0 Å². The topological polar surface area (TPSA) is 85.7 Å². The second-order valence-corrected chi connectivity index (χ2v) is 9.00. The van der Waals surface area contributed by atoms with Crippen molar-refractivity contribution in [3.8, 4) is 0 Å². The highest BCUT2D eigenvalue weighted by molar-refractivity contribution is 9.10. The number of halogens is 2. The van der Waals surface area contributed by atoms with Gasteiger partial charge in [-0.2, -0.15) is 18.7 Å². The lowest BCUT2D eigenvalue weighted by atomic mass is 11.3. The van der Waals surface area contributed by atoms with E-state index >= 15 is 0 Å². The van der Waals surface area contributed by atoms with Crippen LogP contribution in [0.2, 0.25) is 0 Å². The zero-order chi connectivity index (χ0) is 12.4. The van der Waals surface area contributed by atoms with Crippen molar-refractivity contribution in [2.45, 2.75) is 8.68 Å². The maximum Gasteiger partial charge on any atom is 0.210 e. The van der Waals surface area contributed by atoms with E-state index in [-0.39, 0.29) is 5.08 Å². The Morgan fingerprint density at radius 3 is 1.65 bits per heavy atom. The lowest BCUT2D eigenvalue weighted by Gasteiger charge is -1.94. The van der Waals surface area contributed by atoms with Crippen molar-refractivity contribution >= 4 is 76.5 Å². The molecule has 0 saturated carbocycles. The van der Waals surface area contributed by atoms with E-state index in [4.69, 9.17) is 0 Å². The van der Waals surface area contributed by atoms with Gasteiger partial charge in [-0.15, -0.1) is 0 Å². The zero-order valence-corrected chi connectivity index (χ0v) is 14.1. The lowest BCUT2D eigenvalue weighted by Crippen LogP contribution is -2.05. The van der Waals surface area contributed by atoms with Crippen molar-refractivity contribution in [1.29, 1.82) is 0 Å². The minimum atomic E-state index is -1.45. The van der Waals surface area contributed by atoms with Crippen LogP contribution >= 0.6 is 54.9 Å². The van der Waals surface area contributed by atoms with Crippen molar-refractivity contribution in [1.82, 2.24) is 18.7 Å². The van der Waals surface area contributed by atoms with E-state index in [0.29, 0.717) is 18.1 Å². The predicted molar refractivity (Wildman–Crippen MR) is 72.9 cm³/mol. The van der Waals surface area contributed by atoms with Crippen LogP contribution in [0.4, 0.5) is 0 Å². The molecular formula is C5H2Br2N4O2S4. The summed E-state index contributed by atoms with van der Waals surface area (Å²) < 4.78 is 32.7. The molecule has 0 aromatic carbocycles. The van der Waals surface area contributed by atoms with Gasteiger partial charge in [0.05, 0.1) is 21.6 Å². The highest BCUT2D eigenvalue weighted by Crippen LogP contribution is 2.18. The summed E-state index contributed by atoms with van der Waals surface area (Å²) in [6.07, 6.45) is 0. The number of aromatic nitrogens is 4.